The van der Waals surface area contributed by atoms with Crippen LogP contribution in [0, 0.1) is 0 Å². The van der Waals surface area contributed by atoms with Crippen molar-refractivity contribution in [3.05, 3.63) is 40.5 Å². The summed E-state index contributed by atoms with van der Waals surface area (Å²) in [6, 6.07) is 1.00. The minimum Gasteiger partial charge on any atom is -0.369 e. The van der Waals surface area contributed by atoms with Gasteiger partial charge in [0.2, 0.25) is 0 Å². The number of alkyl halides is 3. The zero-order valence-corrected chi connectivity index (χ0v) is 11.2. The summed E-state index contributed by atoms with van der Waals surface area (Å²) in [5.74, 6) is 0.528. The van der Waals surface area contributed by atoms with Gasteiger partial charge in [-0.2, -0.15) is 13.2 Å². The van der Waals surface area contributed by atoms with E-state index in [2.05, 4.69) is 36.2 Å². The van der Waals surface area contributed by atoms with Crippen molar-refractivity contribution in [2.45, 2.75) is 12.6 Å². The average Bonchev–Trinajstić information content (AvgIpc) is 2.83. The molecule has 0 radical (unpaired) electrons. The molecule has 0 aliphatic carbocycles. The van der Waals surface area contributed by atoms with Crippen LogP contribution in [0.3, 0.4) is 0 Å². The van der Waals surface area contributed by atoms with Gasteiger partial charge in [-0.25, -0.2) is 9.97 Å². The normalized spacial score (nSPS) is 11.6. The maximum atomic E-state index is 12.8. The second-order valence-corrected chi connectivity index (χ2v) is 4.68. The molecular weight excluding hydrogens is 325 g/mol. The number of aromatic amines is 1. The Hall–Kier alpha value is -1.57. The van der Waals surface area contributed by atoms with Gasteiger partial charge in [0.15, 0.2) is 0 Å². The second kappa shape index (κ2) is 5.60. The molecule has 0 aliphatic heterocycles. The maximum absolute atomic E-state index is 12.8. The summed E-state index contributed by atoms with van der Waals surface area (Å²) in [7, 11) is 0. The number of pyridine rings is 1. The minimum atomic E-state index is -4.44. The predicted octanol–water partition coefficient (Wildman–Crippen LogP) is 3.24. The van der Waals surface area contributed by atoms with Crippen LogP contribution in [0.1, 0.15) is 11.4 Å². The summed E-state index contributed by atoms with van der Waals surface area (Å²) >= 11 is 2.98. The number of anilines is 1. The lowest BCUT2D eigenvalue weighted by Crippen LogP contribution is -2.14. The number of aromatic nitrogens is 3. The van der Waals surface area contributed by atoms with Crippen LogP contribution in [0.4, 0.5) is 19.0 Å². The van der Waals surface area contributed by atoms with Crippen molar-refractivity contribution in [2.75, 3.05) is 11.9 Å². The molecule has 0 aromatic carbocycles. The number of hydrogen-bond donors (Lipinski definition) is 2. The molecule has 0 unspecified atom stereocenters. The first-order chi connectivity index (χ1) is 8.97. The lowest BCUT2D eigenvalue weighted by atomic mass is 10.2. The van der Waals surface area contributed by atoms with Crippen LogP contribution < -0.4 is 5.32 Å². The van der Waals surface area contributed by atoms with Crippen molar-refractivity contribution in [2.24, 2.45) is 0 Å². The lowest BCUT2D eigenvalue weighted by molar-refractivity contribution is -0.137. The Kier molecular flexibility index (Phi) is 4.08. The Labute approximate surface area is 115 Å². The van der Waals surface area contributed by atoms with Gasteiger partial charge >= 0.3 is 6.18 Å². The van der Waals surface area contributed by atoms with Crippen LogP contribution in [0.2, 0.25) is 0 Å². The van der Waals surface area contributed by atoms with Crippen LogP contribution in [-0.4, -0.2) is 21.5 Å². The van der Waals surface area contributed by atoms with Crippen molar-refractivity contribution in [1.29, 1.82) is 0 Å². The highest BCUT2D eigenvalue weighted by Gasteiger charge is 2.34. The molecule has 0 fully saturated rings. The van der Waals surface area contributed by atoms with Gasteiger partial charge in [0.25, 0.3) is 0 Å². The molecule has 2 heterocycles. The van der Waals surface area contributed by atoms with Crippen LogP contribution in [-0.2, 0) is 12.6 Å². The Balaban J connectivity index is 2.07. The van der Waals surface area contributed by atoms with Crippen molar-refractivity contribution in [3.8, 4) is 0 Å². The van der Waals surface area contributed by atoms with Crippen LogP contribution >= 0.6 is 15.9 Å². The summed E-state index contributed by atoms with van der Waals surface area (Å²) in [5.41, 5.74) is -0.790. The van der Waals surface area contributed by atoms with E-state index < -0.39 is 11.7 Å². The average molecular weight is 335 g/mol. The summed E-state index contributed by atoms with van der Waals surface area (Å²) < 4.78 is 38.7. The highest BCUT2D eigenvalue weighted by Crippen LogP contribution is 2.35. The SMILES string of the molecule is FC(F)(F)c1cc(Br)cnc1NCCc1ncc[nH]1. The molecule has 2 rings (SSSR count). The van der Waals surface area contributed by atoms with Crippen LogP contribution in [0.25, 0.3) is 0 Å². The predicted molar refractivity (Wildman–Crippen MR) is 67.7 cm³/mol. The molecule has 2 aromatic rings. The van der Waals surface area contributed by atoms with E-state index in [1.807, 2.05) is 0 Å². The highest BCUT2D eigenvalue weighted by atomic mass is 79.9. The summed E-state index contributed by atoms with van der Waals surface area (Å²) in [4.78, 5) is 10.6. The Morgan fingerprint density at radius 3 is 2.74 bits per heavy atom. The fourth-order valence-corrected chi connectivity index (χ4v) is 1.86. The number of hydrogen-bond acceptors (Lipinski definition) is 3. The van der Waals surface area contributed by atoms with Crippen LogP contribution in [0.15, 0.2) is 29.1 Å². The van der Waals surface area contributed by atoms with E-state index in [-0.39, 0.29) is 10.3 Å². The van der Waals surface area contributed by atoms with E-state index >= 15 is 0 Å². The molecule has 2 aromatic heterocycles. The fraction of sp³-hybridized carbons (Fsp3) is 0.273. The van der Waals surface area contributed by atoms with Gasteiger partial charge in [0.1, 0.15) is 11.6 Å². The molecule has 0 saturated heterocycles. The molecule has 0 spiro atoms. The Bertz CT molecular complexity index is 539. The van der Waals surface area contributed by atoms with Gasteiger partial charge in [0, 0.05) is 36.0 Å². The third kappa shape index (κ3) is 3.69. The van der Waals surface area contributed by atoms with E-state index in [1.165, 1.54) is 6.20 Å². The van der Waals surface area contributed by atoms with E-state index in [0.29, 0.717) is 18.8 Å². The molecule has 2 N–H and O–H groups in total. The minimum absolute atomic E-state index is 0.178. The zero-order valence-electron chi connectivity index (χ0n) is 9.63. The molecular formula is C11H10BrF3N4. The number of nitrogens with one attached hydrogen (secondary N) is 2. The van der Waals surface area contributed by atoms with E-state index in [1.54, 1.807) is 12.4 Å². The summed E-state index contributed by atoms with van der Waals surface area (Å²) in [6.07, 6.45) is 0.624. The molecule has 0 aliphatic rings. The molecule has 0 atom stereocenters. The molecule has 0 saturated carbocycles. The first-order valence-electron chi connectivity index (χ1n) is 5.41. The number of halogens is 4. The summed E-state index contributed by atoms with van der Waals surface area (Å²) in [5, 5.41) is 2.67. The van der Waals surface area contributed by atoms with Gasteiger partial charge in [-0.1, -0.05) is 0 Å². The molecule has 8 heteroatoms. The number of rotatable bonds is 4. The third-order valence-electron chi connectivity index (χ3n) is 2.37. The largest absolute Gasteiger partial charge is 0.419 e. The quantitative estimate of drug-likeness (QED) is 0.902. The highest BCUT2D eigenvalue weighted by molar-refractivity contribution is 9.10. The third-order valence-corrected chi connectivity index (χ3v) is 2.80. The zero-order chi connectivity index (χ0) is 13.9. The number of nitrogens with zero attached hydrogens (tertiary/aromatic N) is 2. The first kappa shape index (κ1) is 13.9. The topological polar surface area (TPSA) is 53.6 Å². The van der Waals surface area contributed by atoms with Gasteiger partial charge in [-0.15, -0.1) is 0 Å². The molecule has 102 valence electrons. The van der Waals surface area contributed by atoms with E-state index in [0.717, 1.165) is 6.07 Å². The van der Waals surface area contributed by atoms with Crippen molar-refractivity contribution in [3.63, 3.8) is 0 Å². The fourth-order valence-electron chi connectivity index (χ4n) is 1.53. The van der Waals surface area contributed by atoms with E-state index in [4.69, 9.17) is 0 Å². The van der Waals surface area contributed by atoms with Gasteiger partial charge in [-0.05, 0) is 22.0 Å². The van der Waals surface area contributed by atoms with E-state index in [9.17, 15) is 13.2 Å². The number of imidazole rings is 1. The second-order valence-electron chi connectivity index (χ2n) is 3.76. The van der Waals surface area contributed by atoms with Crippen molar-refractivity contribution >= 4 is 21.7 Å². The van der Waals surface area contributed by atoms with Gasteiger partial charge < -0.3 is 10.3 Å². The molecule has 0 amide bonds. The molecule has 4 nitrogen and oxygen atoms in total. The molecule has 19 heavy (non-hydrogen) atoms. The van der Waals surface area contributed by atoms with Gasteiger partial charge in [0.05, 0.1) is 5.56 Å². The first-order valence-corrected chi connectivity index (χ1v) is 6.21. The lowest BCUT2D eigenvalue weighted by Gasteiger charge is -2.13. The summed E-state index contributed by atoms with van der Waals surface area (Å²) in [6.45, 7) is 0.311. The van der Waals surface area contributed by atoms with Crippen molar-refractivity contribution < 1.29 is 13.2 Å². The maximum Gasteiger partial charge on any atom is 0.419 e. The van der Waals surface area contributed by atoms with Crippen molar-refractivity contribution in [1.82, 2.24) is 15.0 Å². The number of H-pyrrole nitrogens is 1. The Morgan fingerprint density at radius 2 is 2.11 bits per heavy atom. The monoisotopic (exact) mass is 334 g/mol. The molecule has 0 bridgehead atoms. The smallest absolute Gasteiger partial charge is 0.369 e. The standard InChI is InChI=1S/C11H10BrF3N4/c12-7-5-8(11(13,14)15)10(19-6-7)18-2-1-9-16-3-4-17-9/h3-6H,1-2H2,(H,16,17)(H,18,19). The Morgan fingerprint density at radius 1 is 1.32 bits per heavy atom. The van der Waals surface area contributed by atoms with Crippen LogP contribution in [0.5, 0.6) is 0 Å². The van der Waals surface area contributed by atoms with Gasteiger partial charge in [-0.3, -0.25) is 0 Å².